The Morgan fingerprint density at radius 1 is 1.24 bits per heavy atom. The second-order valence-electron chi connectivity index (χ2n) is 11.8. The maximum Gasteiger partial charge on any atom is 0.309 e. The number of hydrogen-bond donors (Lipinski definition) is 2. The first kappa shape index (κ1) is 30.3. The van der Waals surface area contributed by atoms with Crippen LogP contribution in [0.3, 0.4) is 0 Å². The molecule has 1 fully saturated rings. The third kappa shape index (κ3) is 6.86. The Labute approximate surface area is 231 Å². The maximum atomic E-state index is 15.4. The number of benzene rings is 2. The molecule has 0 heterocycles. The first-order chi connectivity index (χ1) is 17.7. The van der Waals surface area contributed by atoms with Gasteiger partial charge in [0.25, 0.3) is 0 Å². The van der Waals surface area contributed by atoms with Gasteiger partial charge in [-0.15, -0.1) is 0 Å². The molecule has 2 aromatic carbocycles. The van der Waals surface area contributed by atoms with Crippen molar-refractivity contribution < 1.29 is 28.6 Å². The van der Waals surface area contributed by atoms with Gasteiger partial charge in [-0.2, -0.15) is 0 Å². The molecule has 0 spiro atoms. The molecule has 2 aromatic rings. The van der Waals surface area contributed by atoms with Crippen LogP contribution in [0.25, 0.3) is 6.08 Å². The third-order valence-electron chi connectivity index (χ3n) is 8.06. The number of rotatable bonds is 10. The highest BCUT2D eigenvalue weighted by Gasteiger charge is 2.39. The number of hydrogen-bond acceptors (Lipinski definition) is 5. The largest absolute Gasteiger partial charge is 0.507 e. The Hall–Kier alpha value is -2.19. The van der Waals surface area contributed by atoms with Gasteiger partial charge in [-0.25, -0.2) is 4.39 Å². The Morgan fingerprint density at radius 2 is 1.89 bits per heavy atom. The lowest BCUT2D eigenvalue weighted by Crippen LogP contribution is -2.40. The van der Waals surface area contributed by atoms with Crippen LogP contribution in [0.2, 0.25) is 23.2 Å². The van der Waals surface area contributed by atoms with E-state index < -0.39 is 20.2 Å². The summed E-state index contributed by atoms with van der Waals surface area (Å²) >= 11 is 6.29. The number of aliphatic hydroxyl groups is 1. The van der Waals surface area contributed by atoms with Crippen LogP contribution in [0.1, 0.15) is 74.8 Å². The van der Waals surface area contributed by atoms with Crippen molar-refractivity contribution in [3.05, 3.63) is 69.5 Å². The average molecular weight is 563 g/mol. The van der Waals surface area contributed by atoms with Crippen molar-refractivity contribution in [3.63, 3.8) is 0 Å². The molecule has 1 saturated carbocycles. The van der Waals surface area contributed by atoms with Crippen LogP contribution in [0.15, 0.2) is 36.4 Å². The van der Waals surface area contributed by atoms with E-state index in [0.717, 1.165) is 18.4 Å². The van der Waals surface area contributed by atoms with Gasteiger partial charge in [0, 0.05) is 21.7 Å². The number of carbonyl (C=O) groups excluding carboxylic acids is 1. The minimum Gasteiger partial charge on any atom is -0.507 e. The summed E-state index contributed by atoms with van der Waals surface area (Å²) in [5, 5.41) is 21.7. The number of carbonyl (C=O) groups is 1. The summed E-state index contributed by atoms with van der Waals surface area (Å²) in [6.45, 7) is 12.4. The van der Waals surface area contributed by atoms with E-state index in [-0.39, 0.29) is 51.3 Å². The zero-order valence-corrected chi connectivity index (χ0v) is 25.1. The Kier molecular flexibility index (Phi) is 9.51. The van der Waals surface area contributed by atoms with Gasteiger partial charge in [-0.05, 0) is 60.5 Å². The Bertz CT molecular complexity index is 1190. The lowest BCUT2D eigenvalue weighted by Gasteiger charge is -2.36. The number of ether oxygens (including phenoxy) is 1. The van der Waals surface area contributed by atoms with Crippen LogP contribution in [0.5, 0.6) is 5.75 Å². The smallest absolute Gasteiger partial charge is 0.309 e. The molecule has 3 rings (SSSR count). The Morgan fingerprint density at radius 3 is 2.45 bits per heavy atom. The number of aromatic hydroxyl groups is 1. The molecule has 0 aliphatic heterocycles. The van der Waals surface area contributed by atoms with Gasteiger partial charge in [-0.3, -0.25) is 4.79 Å². The van der Waals surface area contributed by atoms with Crippen LogP contribution in [0, 0.1) is 17.7 Å². The monoisotopic (exact) mass is 562 g/mol. The highest BCUT2D eigenvalue weighted by Crippen LogP contribution is 2.47. The first-order valence-electron chi connectivity index (χ1n) is 13.1. The molecule has 2 N–H and O–H groups in total. The summed E-state index contributed by atoms with van der Waals surface area (Å²) in [7, 11) is -0.749. The fourth-order valence-corrected chi connectivity index (χ4v) is 5.55. The fraction of sp³-hybridized carbons (Fsp3) is 0.500. The number of phenolic OH excluding ortho intramolecular Hbond substituents is 1. The predicted octanol–water partition coefficient (Wildman–Crippen LogP) is 7.76. The second-order valence-corrected chi connectivity index (χ2v) is 17.0. The van der Waals surface area contributed by atoms with Crippen molar-refractivity contribution in [2.75, 3.05) is 7.11 Å². The number of methoxy groups -OCH3 is 1. The summed E-state index contributed by atoms with van der Waals surface area (Å²) < 4.78 is 26.5. The van der Waals surface area contributed by atoms with Crippen LogP contribution in [-0.4, -0.2) is 31.6 Å². The fourth-order valence-electron chi connectivity index (χ4n) is 4.41. The summed E-state index contributed by atoms with van der Waals surface area (Å²) in [5.41, 5.74) is 1.65. The molecular weight excluding hydrogens is 523 g/mol. The third-order valence-corrected chi connectivity index (χ3v) is 12.9. The molecule has 0 saturated heterocycles. The summed E-state index contributed by atoms with van der Waals surface area (Å²) in [5.74, 6) is -0.822. The molecule has 0 radical (unpaired) electrons. The van der Waals surface area contributed by atoms with Crippen molar-refractivity contribution in [3.8, 4) is 5.75 Å². The standard InChI is InChI=1S/C30H40ClFO5Si/c1-18(29(35)36-5)27(20-9-10-20)21-11-8-19(26(34)16-21)12-15-25(33)22-13-14-24(31)23(28(22)32)17-37-38(6,7)30(2,3)4/h8,11-16,18,20,25,27,33-34H,9-10,17H2,1-7H3/b15-12+/t18-,25?,27-/m0/s1. The van der Waals surface area contributed by atoms with Crippen molar-refractivity contribution in [2.24, 2.45) is 11.8 Å². The van der Waals surface area contributed by atoms with E-state index in [2.05, 4.69) is 33.9 Å². The van der Waals surface area contributed by atoms with Crippen LogP contribution in [0.4, 0.5) is 4.39 Å². The second kappa shape index (κ2) is 11.9. The van der Waals surface area contributed by atoms with Crippen molar-refractivity contribution >= 4 is 32.0 Å². The van der Waals surface area contributed by atoms with Crippen molar-refractivity contribution in [1.29, 1.82) is 0 Å². The number of phenols is 1. The van der Waals surface area contributed by atoms with Gasteiger partial charge in [-0.1, -0.05) is 69.6 Å². The minimum absolute atomic E-state index is 0.0219. The molecule has 1 aliphatic rings. The van der Waals surface area contributed by atoms with Crippen molar-refractivity contribution in [1.82, 2.24) is 0 Å². The minimum atomic E-state index is -2.13. The first-order valence-corrected chi connectivity index (χ1v) is 16.3. The maximum absolute atomic E-state index is 15.4. The lowest BCUT2D eigenvalue weighted by atomic mass is 9.83. The number of esters is 1. The van der Waals surface area contributed by atoms with E-state index in [1.54, 1.807) is 24.3 Å². The van der Waals surface area contributed by atoms with Gasteiger partial charge in [0.1, 0.15) is 17.7 Å². The highest BCUT2D eigenvalue weighted by molar-refractivity contribution is 6.74. The van der Waals surface area contributed by atoms with E-state index in [1.807, 2.05) is 13.0 Å². The molecule has 0 amide bonds. The van der Waals surface area contributed by atoms with Gasteiger partial charge >= 0.3 is 5.97 Å². The summed E-state index contributed by atoms with van der Waals surface area (Å²) in [4.78, 5) is 12.2. The zero-order chi connectivity index (χ0) is 28.4. The van der Waals surface area contributed by atoms with Crippen LogP contribution < -0.4 is 0 Å². The van der Waals surface area contributed by atoms with Gasteiger partial charge < -0.3 is 19.4 Å². The molecule has 0 bridgehead atoms. The molecular formula is C30H40ClFO5Si. The molecule has 3 atom stereocenters. The summed E-state index contributed by atoms with van der Waals surface area (Å²) in [6, 6.07) is 8.30. The van der Waals surface area contributed by atoms with Gasteiger partial charge in [0.2, 0.25) is 0 Å². The van der Waals surface area contributed by atoms with Gasteiger partial charge in [0.05, 0.1) is 19.6 Å². The van der Waals surface area contributed by atoms with Crippen LogP contribution in [-0.2, 0) is 20.6 Å². The molecule has 5 nitrogen and oxygen atoms in total. The number of aliphatic hydroxyl groups excluding tert-OH is 1. The lowest BCUT2D eigenvalue weighted by molar-refractivity contribution is -0.145. The normalized spacial score (nSPS) is 16.9. The van der Waals surface area contributed by atoms with Crippen LogP contribution >= 0.6 is 11.6 Å². The Balaban J connectivity index is 1.79. The molecule has 0 aromatic heterocycles. The molecule has 38 heavy (non-hydrogen) atoms. The molecule has 1 unspecified atom stereocenters. The highest BCUT2D eigenvalue weighted by atomic mass is 35.5. The topological polar surface area (TPSA) is 76.0 Å². The van der Waals surface area contributed by atoms with E-state index in [1.165, 1.54) is 19.3 Å². The number of halogens is 2. The van der Waals surface area contributed by atoms with Gasteiger partial charge in [0.15, 0.2) is 8.32 Å². The summed E-state index contributed by atoms with van der Waals surface area (Å²) in [6.07, 6.45) is 3.80. The van der Waals surface area contributed by atoms with E-state index in [0.29, 0.717) is 11.5 Å². The molecule has 208 valence electrons. The van der Waals surface area contributed by atoms with E-state index >= 15 is 4.39 Å². The zero-order valence-electron chi connectivity index (χ0n) is 23.3. The average Bonchev–Trinajstić information content (AvgIpc) is 3.67. The van der Waals surface area contributed by atoms with E-state index in [9.17, 15) is 15.0 Å². The quantitative estimate of drug-likeness (QED) is 0.228. The van der Waals surface area contributed by atoms with E-state index in [4.69, 9.17) is 20.8 Å². The molecule has 8 heteroatoms. The SMILES string of the molecule is COC(=O)[C@@H](C)[C@H](c1ccc(/C=C/C(O)c2ccc(Cl)c(CO[Si](C)(C)C(C)(C)C)c2F)c(O)c1)C1CC1. The predicted molar refractivity (Wildman–Crippen MR) is 152 cm³/mol. The molecule has 1 aliphatic carbocycles. The van der Waals surface area contributed by atoms with Crippen molar-refractivity contribution in [2.45, 2.75) is 77.3 Å².